The zero-order valence-electron chi connectivity index (χ0n) is 16.6. The number of aromatic nitrogens is 1. The van der Waals surface area contributed by atoms with Gasteiger partial charge in [0.2, 0.25) is 0 Å². The minimum Gasteiger partial charge on any atom is -0.488 e. The molecule has 1 heterocycles. The summed E-state index contributed by atoms with van der Waals surface area (Å²) in [5.41, 5.74) is 3.01. The summed E-state index contributed by atoms with van der Waals surface area (Å²) in [6, 6.07) is 12.2. The van der Waals surface area contributed by atoms with E-state index in [2.05, 4.69) is 4.37 Å². The number of benzene rings is 2. The molecule has 0 saturated carbocycles. The highest BCUT2D eigenvalue weighted by Crippen LogP contribution is 2.48. The normalized spacial score (nSPS) is 12.3. The molecule has 8 heteroatoms. The van der Waals surface area contributed by atoms with E-state index >= 15 is 0 Å². The van der Waals surface area contributed by atoms with Crippen LogP contribution in [0, 0.1) is 13.8 Å². The molecule has 0 aliphatic heterocycles. The highest BCUT2D eigenvalue weighted by Gasteiger charge is 2.61. The molecule has 2 nitrogen and oxygen atoms in total. The van der Waals surface area contributed by atoms with Crippen LogP contribution in [0.4, 0.5) is 22.0 Å². The molecular weight excluding hydrogens is 421 g/mol. The van der Waals surface area contributed by atoms with Gasteiger partial charge in [-0.2, -0.15) is 26.3 Å². The van der Waals surface area contributed by atoms with Crippen LogP contribution in [0.2, 0.25) is 0 Å². The molecule has 0 N–H and O–H groups in total. The van der Waals surface area contributed by atoms with Gasteiger partial charge in [-0.25, -0.2) is 0 Å². The van der Waals surface area contributed by atoms with Gasteiger partial charge in [-0.15, -0.1) is 0 Å². The zero-order chi connectivity index (χ0) is 22.1. The Balaban J connectivity index is 2.06. The van der Waals surface area contributed by atoms with Crippen LogP contribution in [0.15, 0.2) is 42.5 Å². The molecule has 160 valence electrons. The van der Waals surface area contributed by atoms with Crippen LogP contribution in [0.1, 0.15) is 34.1 Å². The van der Waals surface area contributed by atoms with Crippen molar-refractivity contribution >= 4 is 11.5 Å². The van der Waals surface area contributed by atoms with Crippen molar-refractivity contribution in [2.75, 3.05) is 0 Å². The highest BCUT2D eigenvalue weighted by molar-refractivity contribution is 7.06. The monoisotopic (exact) mass is 441 g/mol. The average molecular weight is 441 g/mol. The third-order valence-corrected chi connectivity index (χ3v) is 5.95. The molecule has 3 rings (SSSR count). The first kappa shape index (κ1) is 22.2. The molecule has 30 heavy (non-hydrogen) atoms. The van der Waals surface area contributed by atoms with E-state index < -0.39 is 23.6 Å². The molecule has 0 bridgehead atoms. The van der Waals surface area contributed by atoms with E-state index in [0.717, 1.165) is 23.1 Å². The molecule has 0 spiro atoms. The van der Waals surface area contributed by atoms with Gasteiger partial charge in [0.15, 0.2) is 0 Å². The Labute approximate surface area is 175 Å². The summed E-state index contributed by atoms with van der Waals surface area (Å²) in [5, 5.41) is 0. The SMILES string of the molecule is CCc1ccc(-c2nsc(C(F)(F)C(F)(F)F)c2COc2cccc(C)c2C)cc1. The van der Waals surface area contributed by atoms with Crippen LogP contribution in [0.5, 0.6) is 5.75 Å². The van der Waals surface area contributed by atoms with Crippen molar-refractivity contribution in [1.82, 2.24) is 4.37 Å². The van der Waals surface area contributed by atoms with E-state index in [-0.39, 0.29) is 22.8 Å². The second kappa shape index (κ2) is 8.34. The molecule has 3 aromatic rings. The van der Waals surface area contributed by atoms with Crippen molar-refractivity contribution < 1.29 is 26.7 Å². The summed E-state index contributed by atoms with van der Waals surface area (Å²) < 4.78 is 77.3. The van der Waals surface area contributed by atoms with Crippen molar-refractivity contribution in [3.8, 4) is 17.0 Å². The summed E-state index contributed by atoms with van der Waals surface area (Å²) >= 11 is 0.157. The van der Waals surface area contributed by atoms with E-state index in [1.807, 2.05) is 19.9 Å². The van der Waals surface area contributed by atoms with E-state index in [0.29, 0.717) is 11.3 Å². The molecule has 0 unspecified atom stereocenters. The van der Waals surface area contributed by atoms with Gasteiger partial charge in [-0.05, 0) is 54.6 Å². The predicted molar refractivity (Wildman–Crippen MR) is 107 cm³/mol. The summed E-state index contributed by atoms with van der Waals surface area (Å²) in [5.74, 6) is -4.60. The Morgan fingerprint density at radius 3 is 2.23 bits per heavy atom. The Morgan fingerprint density at radius 2 is 1.63 bits per heavy atom. The smallest absolute Gasteiger partial charge is 0.459 e. The maximum absolute atomic E-state index is 14.2. The minimum absolute atomic E-state index is 0.0758. The number of rotatable bonds is 6. The van der Waals surface area contributed by atoms with E-state index in [1.54, 1.807) is 43.3 Å². The van der Waals surface area contributed by atoms with E-state index in [1.165, 1.54) is 0 Å². The lowest BCUT2D eigenvalue weighted by Crippen LogP contribution is -2.33. The second-order valence-electron chi connectivity index (χ2n) is 6.95. The first-order valence-corrected chi connectivity index (χ1v) is 10.1. The van der Waals surface area contributed by atoms with Gasteiger partial charge < -0.3 is 4.74 Å². The topological polar surface area (TPSA) is 22.1 Å². The third kappa shape index (κ3) is 4.19. The van der Waals surface area contributed by atoms with Gasteiger partial charge in [-0.3, -0.25) is 0 Å². The number of alkyl halides is 5. The lowest BCUT2D eigenvalue weighted by Gasteiger charge is -2.20. The van der Waals surface area contributed by atoms with Crippen LogP contribution in [-0.2, 0) is 19.0 Å². The van der Waals surface area contributed by atoms with E-state index in [9.17, 15) is 22.0 Å². The Morgan fingerprint density at radius 1 is 0.967 bits per heavy atom. The average Bonchev–Trinajstić information content (AvgIpc) is 3.13. The van der Waals surface area contributed by atoms with Crippen LogP contribution < -0.4 is 4.74 Å². The maximum atomic E-state index is 14.2. The fraction of sp³-hybridized carbons (Fsp3) is 0.318. The number of hydrogen-bond acceptors (Lipinski definition) is 3. The van der Waals surface area contributed by atoms with Gasteiger partial charge in [0.05, 0.1) is 5.69 Å². The number of halogens is 5. The largest absolute Gasteiger partial charge is 0.488 e. The Bertz CT molecular complexity index is 1020. The first-order chi connectivity index (χ1) is 14.1. The van der Waals surface area contributed by atoms with Crippen LogP contribution >= 0.6 is 11.5 Å². The third-order valence-electron chi connectivity index (χ3n) is 4.99. The van der Waals surface area contributed by atoms with Crippen molar-refractivity contribution in [1.29, 1.82) is 0 Å². The zero-order valence-corrected chi connectivity index (χ0v) is 17.4. The molecule has 2 aromatic carbocycles. The fourth-order valence-corrected chi connectivity index (χ4v) is 3.87. The van der Waals surface area contributed by atoms with Gasteiger partial charge in [-0.1, -0.05) is 43.3 Å². The number of nitrogens with zero attached hydrogens (tertiary/aromatic N) is 1. The lowest BCUT2D eigenvalue weighted by molar-refractivity contribution is -0.288. The van der Waals surface area contributed by atoms with Gasteiger partial charge in [0.1, 0.15) is 17.2 Å². The Hall–Kier alpha value is -2.48. The summed E-state index contributed by atoms with van der Waals surface area (Å²) in [4.78, 5) is -1.14. The van der Waals surface area contributed by atoms with Gasteiger partial charge in [0.25, 0.3) is 0 Å². The predicted octanol–water partition coefficient (Wildman–Crippen LogP) is 7.22. The summed E-state index contributed by atoms with van der Waals surface area (Å²) in [6.45, 7) is 5.17. The van der Waals surface area contributed by atoms with Crippen molar-refractivity contribution in [2.24, 2.45) is 0 Å². The Kier molecular flexibility index (Phi) is 6.17. The molecule has 0 aliphatic carbocycles. The molecule has 0 fully saturated rings. The van der Waals surface area contributed by atoms with E-state index in [4.69, 9.17) is 4.74 Å². The second-order valence-corrected chi connectivity index (χ2v) is 7.72. The van der Waals surface area contributed by atoms with Crippen molar-refractivity contribution in [3.05, 3.63) is 69.6 Å². The van der Waals surface area contributed by atoms with Gasteiger partial charge >= 0.3 is 12.1 Å². The van der Waals surface area contributed by atoms with Gasteiger partial charge in [0, 0.05) is 11.1 Å². The van der Waals surface area contributed by atoms with Crippen LogP contribution in [-0.4, -0.2) is 10.5 Å². The molecule has 0 aliphatic rings. The van der Waals surface area contributed by atoms with Crippen molar-refractivity contribution in [2.45, 2.75) is 45.9 Å². The lowest BCUT2D eigenvalue weighted by atomic mass is 10.0. The molecule has 1 aromatic heterocycles. The van der Waals surface area contributed by atoms with Crippen molar-refractivity contribution in [3.63, 3.8) is 0 Å². The summed E-state index contributed by atoms with van der Waals surface area (Å²) in [6.07, 6.45) is -4.95. The molecule has 0 saturated heterocycles. The molecule has 0 amide bonds. The number of ether oxygens (including phenoxy) is 1. The van der Waals surface area contributed by atoms with Crippen LogP contribution in [0.3, 0.4) is 0 Å². The molecule has 0 atom stereocenters. The highest BCUT2D eigenvalue weighted by atomic mass is 32.1. The number of hydrogen-bond donors (Lipinski definition) is 0. The molecule has 0 radical (unpaired) electrons. The fourth-order valence-electron chi connectivity index (χ4n) is 2.97. The minimum atomic E-state index is -5.73. The summed E-state index contributed by atoms with van der Waals surface area (Å²) in [7, 11) is 0. The maximum Gasteiger partial charge on any atom is 0.459 e. The van der Waals surface area contributed by atoms with Crippen LogP contribution in [0.25, 0.3) is 11.3 Å². The quantitative estimate of drug-likeness (QED) is 0.377. The molecular formula is C22H20F5NOS. The number of aryl methyl sites for hydroxylation is 2. The standard InChI is InChI=1S/C22H20F5NOS/c1-4-15-8-10-16(11-9-15)19-17(12-29-18-7-5-6-13(2)14(18)3)20(30-28-19)21(23,24)22(25,26)27/h5-11H,4,12H2,1-3H3. The first-order valence-electron chi connectivity index (χ1n) is 9.28.